The van der Waals surface area contributed by atoms with Crippen molar-refractivity contribution in [3.8, 4) is 11.4 Å². The average Bonchev–Trinajstić information content (AvgIpc) is 3.31. The maximum atomic E-state index is 12.4. The summed E-state index contributed by atoms with van der Waals surface area (Å²) in [5.74, 6) is 0.681. The van der Waals surface area contributed by atoms with Crippen LogP contribution in [0.2, 0.25) is 0 Å². The fourth-order valence-electron chi connectivity index (χ4n) is 3.20. The smallest absolute Gasteiger partial charge is 0.249 e. The predicted octanol–water partition coefficient (Wildman–Crippen LogP) is 2.18. The standard InChI is InChI=1S/C19H21N3O3/c23-18(13-24-12-16-7-4-8-25-16)22-10-15-9-20-19(21-17(15)11-22)14-5-2-1-3-6-14/h1-3,5-6,9,16H,4,7-8,10-13H2/t16-/m0/s1. The zero-order valence-corrected chi connectivity index (χ0v) is 14.1. The second kappa shape index (κ2) is 7.29. The molecule has 25 heavy (non-hydrogen) atoms. The summed E-state index contributed by atoms with van der Waals surface area (Å²) in [6, 6.07) is 9.87. The van der Waals surface area contributed by atoms with E-state index in [9.17, 15) is 4.79 Å². The third-order valence-corrected chi connectivity index (χ3v) is 4.59. The van der Waals surface area contributed by atoms with Gasteiger partial charge in [0.25, 0.3) is 0 Å². The Kier molecular flexibility index (Phi) is 4.72. The lowest BCUT2D eigenvalue weighted by molar-refractivity contribution is -0.137. The highest BCUT2D eigenvalue weighted by Crippen LogP contribution is 2.23. The number of fused-ring (bicyclic) bond motifs is 1. The number of nitrogens with zero attached hydrogens (tertiary/aromatic N) is 3. The molecule has 1 aromatic heterocycles. The van der Waals surface area contributed by atoms with Gasteiger partial charge in [-0.05, 0) is 12.8 Å². The van der Waals surface area contributed by atoms with E-state index in [4.69, 9.17) is 9.47 Å². The van der Waals surface area contributed by atoms with Gasteiger partial charge >= 0.3 is 0 Å². The van der Waals surface area contributed by atoms with Crippen LogP contribution >= 0.6 is 0 Å². The largest absolute Gasteiger partial charge is 0.376 e. The third-order valence-electron chi connectivity index (χ3n) is 4.59. The molecule has 0 unspecified atom stereocenters. The Labute approximate surface area is 146 Å². The predicted molar refractivity (Wildman–Crippen MR) is 91.5 cm³/mol. The summed E-state index contributed by atoms with van der Waals surface area (Å²) >= 11 is 0. The second-order valence-corrected chi connectivity index (χ2v) is 6.43. The van der Waals surface area contributed by atoms with Crippen LogP contribution in [0.4, 0.5) is 0 Å². The molecule has 0 spiro atoms. The van der Waals surface area contributed by atoms with Gasteiger partial charge in [0.1, 0.15) is 6.61 Å². The van der Waals surface area contributed by atoms with Gasteiger partial charge in [0.2, 0.25) is 5.91 Å². The van der Waals surface area contributed by atoms with Gasteiger partial charge in [0.05, 0.1) is 24.9 Å². The van der Waals surface area contributed by atoms with E-state index in [1.165, 1.54) is 0 Å². The molecule has 1 amide bonds. The maximum absolute atomic E-state index is 12.4. The lowest BCUT2D eigenvalue weighted by atomic mass is 10.2. The van der Waals surface area contributed by atoms with E-state index in [0.717, 1.165) is 36.3 Å². The van der Waals surface area contributed by atoms with E-state index in [1.54, 1.807) is 4.90 Å². The minimum atomic E-state index is -0.0164. The van der Waals surface area contributed by atoms with Gasteiger partial charge in [-0.25, -0.2) is 9.97 Å². The number of benzene rings is 1. The lowest BCUT2D eigenvalue weighted by Gasteiger charge is -2.16. The van der Waals surface area contributed by atoms with E-state index in [0.29, 0.717) is 25.5 Å². The number of carbonyl (C=O) groups is 1. The molecule has 6 nitrogen and oxygen atoms in total. The number of hydrogen-bond donors (Lipinski definition) is 0. The summed E-state index contributed by atoms with van der Waals surface area (Å²) in [6.07, 6.45) is 4.06. The Morgan fingerprint density at radius 1 is 1.28 bits per heavy atom. The van der Waals surface area contributed by atoms with E-state index in [-0.39, 0.29) is 18.6 Å². The molecule has 0 radical (unpaired) electrons. The summed E-state index contributed by atoms with van der Waals surface area (Å²) in [7, 11) is 0. The molecular formula is C19H21N3O3. The van der Waals surface area contributed by atoms with Crippen molar-refractivity contribution in [3.05, 3.63) is 47.8 Å². The molecule has 1 saturated heterocycles. The molecule has 1 fully saturated rings. The minimum absolute atomic E-state index is 0.0164. The highest BCUT2D eigenvalue weighted by Gasteiger charge is 2.26. The Hall–Kier alpha value is -2.31. The molecule has 2 aliphatic rings. The topological polar surface area (TPSA) is 64.6 Å². The van der Waals surface area contributed by atoms with Crippen molar-refractivity contribution in [2.45, 2.75) is 32.0 Å². The van der Waals surface area contributed by atoms with Crippen molar-refractivity contribution in [3.63, 3.8) is 0 Å². The molecule has 0 bridgehead atoms. The third kappa shape index (κ3) is 3.70. The van der Waals surface area contributed by atoms with Gasteiger partial charge in [-0.15, -0.1) is 0 Å². The van der Waals surface area contributed by atoms with E-state index >= 15 is 0 Å². The second-order valence-electron chi connectivity index (χ2n) is 6.43. The summed E-state index contributed by atoms with van der Waals surface area (Å²) in [4.78, 5) is 23.2. The van der Waals surface area contributed by atoms with Crippen molar-refractivity contribution in [2.75, 3.05) is 19.8 Å². The fourth-order valence-corrected chi connectivity index (χ4v) is 3.20. The number of amides is 1. The zero-order chi connectivity index (χ0) is 17.1. The van der Waals surface area contributed by atoms with Gasteiger partial charge in [-0.2, -0.15) is 0 Å². The van der Waals surface area contributed by atoms with Crippen LogP contribution in [0.1, 0.15) is 24.1 Å². The van der Waals surface area contributed by atoms with Crippen LogP contribution in [0, 0.1) is 0 Å². The Balaban J connectivity index is 1.35. The molecule has 1 aromatic carbocycles. The first-order valence-electron chi connectivity index (χ1n) is 8.67. The van der Waals surface area contributed by atoms with Crippen molar-refractivity contribution in [1.82, 2.24) is 14.9 Å². The summed E-state index contributed by atoms with van der Waals surface area (Å²) in [6.45, 7) is 2.44. The van der Waals surface area contributed by atoms with E-state index in [1.807, 2.05) is 36.5 Å². The number of hydrogen-bond acceptors (Lipinski definition) is 5. The van der Waals surface area contributed by atoms with Crippen LogP contribution in [0.3, 0.4) is 0 Å². The highest BCUT2D eigenvalue weighted by molar-refractivity contribution is 5.78. The SMILES string of the molecule is O=C(COC[C@@H]1CCCO1)N1Cc2cnc(-c3ccccc3)nc2C1. The summed E-state index contributed by atoms with van der Waals surface area (Å²) < 4.78 is 11.0. The molecule has 3 heterocycles. The Morgan fingerprint density at radius 2 is 2.16 bits per heavy atom. The van der Waals surface area contributed by atoms with Crippen LogP contribution in [-0.2, 0) is 27.4 Å². The molecule has 0 aliphatic carbocycles. The monoisotopic (exact) mass is 339 g/mol. The molecule has 4 rings (SSSR count). The van der Waals surface area contributed by atoms with Crippen LogP contribution in [0.25, 0.3) is 11.4 Å². The quantitative estimate of drug-likeness (QED) is 0.835. The molecule has 130 valence electrons. The first-order valence-corrected chi connectivity index (χ1v) is 8.67. The molecule has 0 saturated carbocycles. The zero-order valence-electron chi connectivity index (χ0n) is 14.1. The number of carbonyl (C=O) groups excluding carboxylic acids is 1. The first kappa shape index (κ1) is 16.2. The number of aromatic nitrogens is 2. The summed E-state index contributed by atoms with van der Waals surface area (Å²) in [5, 5.41) is 0. The van der Waals surface area contributed by atoms with Gasteiger partial charge in [0, 0.05) is 30.5 Å². The molecule has 6 heteroatoms. The Morgan fingerprint density at radius 3 is 2.96 bits per heavy atom. The molecule has 1 atom stereocenters. The fraction of sp³-hybridized carbons (Fsp3) is 0.421. The maximum Gasteiger partial charge on any atom is 0.249 e. The van der Waals surface area contributed by atoms with Crippen molar-refractivity contribution in [2.24, 2.45) is 0 Å². The van der Waals surface area contributed by atoms with Crippen LogP contribution in [0.15, 0.2) is 36.5 Å². The molecule has 0 N–H and O–H groups in total. The highest BCUT2D eigenvalue weighted by atomic mass is 16.5. The van der Waals surface area contributed by atoms with Crippen molar-refractivity contribution < 1.29 is 14.3 Å². The number of rotatable bonds is 5. The normalized spacial score (nSPS) is 19.2. The minimum Gasteiger partial charge on any atom is -0.376 e. The summed E-state index contributed by atoms with van der Waals surface area (Å²) in [5.41, 5.74) is 2.91. The van der Waals surface area contributed by atoms with Gasteiger partial charge in [-0.3, -0.25) is 4.79 Å². The van der Waals surface area contributed by atoms with E-state index in [2.05, 4.69) is 9.97 Å². The van der Waals surface area contributed by atoms with Crippen LogP contribution in [-0.4, -0.2) is 46.7 Å². The van der Waals surface area contributed by atoms with Crippen molar-refractivity contribution >= 4 is 5.91 Å². The molecule has 2 aliphatic heterocycles. The first-order chi connectivity index (χ1) is 12.3. The van der Waals surface area contributed by atoms with Gasteiger partial charge in [0.15, 0.2) is 5.82 Å². The Bertz CT molecular complexity index is 745. The van der Waals surface area contributed by atoms with E-state index < -0.39 is 0 Å². The van der Waals surface area contributed by atoms with Gasteiger partial charge < -0.3 is 14.4 Å². The average molecular weight is 339 g/mol. The van der Waals surface area contributed by atoms with Gasteiger partial charge in [-0.1, -0.05) is 30.3 Å². The van der Waals surface area contributed by atoms with Crippen molar-refractivity contribution in [1.29, 1.82) is 0 Å². The number of ether oxygens (including phenoxy) is 2. The van der Waals surface area contributed by atoms with Crippen LogP contribution in [0.5, 0.6) is 0 Å². The molecule has 2 aromatic rings. The van der Waals surface area contributed by atoms with Crippen LogP contribution < -0.4 is 0 Å². The molecular weight excluding hydrogens is 318 g/mol. The lowest BCUT2D eigenvalue weighted by Crippen LogP contribution is -2.30.